The number of rotatable bonds is 5. The summed E-state index contributed by atoms with van der Waals surface area (Å²) in [6.45, 7) is 4.00. The van der Waals surface area contributed by atoms with Crippen molar-refractivity contribution >= 4 is 25.5 Å². The minimum Gasteiger partial charge on any atom is -0.504 e. The molecule has 0 aromatic heterocycles. The lowest BCUT2D eigenvalue weighted by molar-refractivity contribution is 0.111. The van der Waals surface area contributed by atoms with E-state index in [0.29, 0.717) is 12.6 Å². The molecular weight excluding hydrogens is 332 g/mol. The van der Waals surface area contributed by atoms with E-state index in [2.05, 4.69) is 12.9 Å². The summed E-state index contributed by atoms with van der Waals surface area (Å²) in [6.07, 6.45) is 1.12. The molecule has 24 heavy (non-hydrogen) atoms. The van der Waals surface area contributed by atoms with Crippen molar-refractivity contribution in [1.29, 1.82) is 0 Å². The molecule has 0 saturated heterocycles. The van der Waals surface area contributed by atoms with Crippen molar-refractivity contribution in [3.8, 4) is 34.1 Å². The van der Waals surface area contributed by atoms with Crippen LogP contribution < -0.4 is 8.92 Å². The number of hydrogen-bond donors (Lipinski definition) is 3. The first kappa shape index (κ1) is 19.4. The van der Waals surface area contributed by atoms with Crippen LogP contribution in [0.2, 0.25) is 0 Å². The molecule has 0 aliphatic heterocycles. The van der Waals surface area contributed by atoms with Gasteiger partial charge in [-0.25, -0.2) is 0 Å². The van der Waals surface area contributed by atoms with Crippen molar-refractivity contribution < 1.29 is 28.7 Å². The minimum absolute atomic E-state index is 0.0576. The summed E-state index contributed by atoms with van der Waals surface area (Å²) in [6, 6.07) is 5.34. The largest absolute Gasteiger partial charge is 0.504 e. The van der Waals surface area contributed by atoms with Crippen LogP contribution >= 0.6 is 12.9 Å². The second-order valence-corrected chi connectivity index (χ2v) is 4.54. The fraction of sp³-hybridized carbons (Fsp3) is 0.176. The average Bonchev–Trinajstić information content (AvgIpc) is 2.64. The quantitative estimate of drug-likeness (QED) is 0.433. The Kier molecular flexibility index (Phi) is 7.13. The highest BCUT2D eigenvalue weighted by molar-refractivity contribution is 7.75. The Hall–Kier alpha value is -2.67. The summed E-state index contributed by atoms with van der Waals surface area (Å²) >= 11 is 3.61. The topological polar surface area (TPSA) is 93.1 Å². The predicted octanol–water partition coefficient (Wildman–Crippen LogP) is 3.65. The Bertz CT molecular complexity index is 679. The maximum atomic E-state index is 11.0. The third-order valence-corrected chi connectivity index (χ3v) is 3.27. The van der Waals surface area contributed by atoms with Crippen LogP contribution in [0, 0.1) is 0 Å². The summed E-state index contributed by atoms with van der Waals surface area (Å²) in [5, 5.41) is 20.4. The smallest absolute Gasteiger partial charge is 0.179 e. The zero-order valence-corrected chi connectivity index (χ0v) is 14.3. The van der Waals surface area contributed by atoms with Crippen LogP contribution in [0.1, 0.15) is 34.6 Å². The van der Waals surface area contributed by atoms with Crippen LogP contribution in [0.25, 0.3) is 11.1 Å². The Morgan fingerprint density at radius 1 is 0.875 bits per heavy atom. The third-order valence-electron chi connectivity index (χ3n) is 3.08. The van der Waals surface area contributed by atoms with Gasteiger partial charge < -0.3 is 19.1 Å². The zero-order valence-electron chi connectivity index (χ0n) is 13.4. The lowest BCUT2D eigenvalue weighted by Crippen LogP contribution is -1.93. The number of carbonyl (C=O) groups excluding carboxylic acids is 2. The number of phenols is 2. The van der Waals surface area contributed by atoms with E-state index >= 15 is 0 Å². The average molecular weight is 350 g/mol. The van der Waals surface area contributed by atoms with Gasteiger partial charge in [0.2, 0.25) is 0 Å². The summed E-state index contributed by atoms with van der Waals surface area (Å²) < 4.78 is 9.70. The lowest BCUT2D eigenvalue weighted by atomic mass is 9.98. The summed E-state index contributed by atoms with van der Waals surface area (Å²) in [7, 11) is 1.33. The van der Waals surface area contributed by atoms with Crippen LogP contribution in [-0.2, 0) is 0 Å². The Labute approximate surface area is 145 Å². The Morgan fingerprint density at radius 3 is 1.67 bits per heavy atom. The van der Waals surface area contributed by atoms with Gasteiger partial charge in [-0.3, -0.25) is 9.59 Å². The predicted molar refractivity (Wildman–Crippen MR) is 93.5 cm³/mol. The molecule has 0 radical (unpaired) electrons. The maximum Gasteiger partial charge on any atom is 0.179 e. The van der Waals surface area contributed by atoms with Gasteiger partial charge in [-0.05, 0) is 24.3 Å². The highest BCUT2D eigenvalue weighted by Gasteiger charge is 2.19. The first-order chi connectivity index (χ1) is 11.5. The standard InChI is InChI=1S/C15H12O6S.C2H6/c1-20-12-4-8(6-16)2-10(14(12)18)11-3-9(7-17)5-13(21-22)15(11)19;1-2/h2-7,18-19,22H,1H3;1-2H3. The van der Waals surface area contributed by atoms with E-state index in [1.807, 2.05) is 13.8 Å². The van der Waals surface area contributed by atoms with Crippen LogP contribution in [0.4, 0.5) is 0 Å². The molecule has 0 unspecified atom stereocenters. The SMILES string of the molecule is CC.COc1cc(C=O)cc(-c2cc(C=O)cc(OS)c2O)c1O. The third kappa shape index (κ3) is 3.80. The van der Waals surface area contributed by atoms with E-state index in [-0.39, 0.29) is 45.3 Å². The van der Waals surface area contributed by atoms with Crippen molar-refractivity contribution in [1.82, 2.24) is 0 Å². The molecule has 0 aliphatic rings. The number of ether oxygens (including phenoxy) is 1. The van der Waals surface area contributed by atoms with Crippen LogP contribution in [0.3, 0.4) is 0 Å². The van der Waals surface area contributed by atoms with Gasteiger partial charge in [-0.15, -0.1) is 0 Å². The van der Waals surface area contributed by atoms with Gasteiger partial charge in [0.15, 0.2) is 23.0 Å². The highest BCUT2D eigenvalue weighted by Crippen LogP contribution is 2.45. The van der Waals surface area contributed by atoms with Crippen LogP contribution in [0.15, 0.2) is 24.3 Å². The molecular formula is C17H18O6S. The van der Waals surface area contributed by atoms with Crippen molar-refractivity contribution in [2.45, 2.75) is 13.8 Å². The molecule has 0 atom stereocenters. The summed E-state index contributed by atoms with van der Waals surface area (Å²) in [5.41, 5.74) is 0.656. The van der Waals surface area contributed by atoms with E-state index in [4.69, 9.17) is 8.92 Å². The molecule has 0 spiro atoms. The Morgan fingerprint density at radius 2 is 1.29 bits per heavy atom. The van der Waals surface area contributed by atoms with E-state index < -0.39 is 0 Å². The molecule has 0 heterocycles. The normalized spacial score (nSPS) is 9.50. The van der Waals surface area contributed by atoms with Gasteiger partial charge in [-0.1, -0.05) is 13.8 Å². The lowest BCUT2D eigenvalue weighted by Gasteiger charge is -2.13. The summed E-state index contributed by atoms with van der Waals surface area (Å²) in [4.78, 5) is 22.0. The molecule has 2 rings (SSSR count). The molecule has 7 heteroatoms. The highest BCUT2D eigenvalue weighted by atomic mass is 32.1. The minimum atomic E-state index is -0.332. The van der Waals surface area contributed by atoms with E-state index in [1.54, 1.807) is 0 Å². The molecule has 2 aromatic carbocycles. The van der Waals surface area contributed by atoms with Gasteiger partial charge in [0.25, 0.3) is 0 Å². The first-order valence-electron chi connectivity index (χ1n) is 7.05. The van der Waals surface area contributed by atoms with E-state index in [1.165, 1.54) is 31.4 Å². The molecule has 128 valence electrons. The van der Waals surface area contributed by atoms with Crippen molar-refractivity contribution in [2.24, 2.45) is 0 Å². The van der Waals surface area contributed by atoms with E-state index in [0.717, 1.165) is 0 Å². The maximum absolute atomic E-state index is 11.0. The molecule has 2 N–H and O–H groups in total. The molecule has 0 fully saturated rings. The summed E-state index contributed by atoms with van der Waals surface area (Å²) in [5.74, 6) is -0.612. The number of aromatic hydroxyl groups is 2. The monoisotopic (exact) mass is 350 g/mol. The number of thiol groups is 1. The fourth-order valence-electron chi connectivity index (χ4n) is 2.03. The molecule has 0 aliphatic carbocycles. The number of methoxy groups -OCH3 is 1. The van der Waals surface area contributed by atoms with E-state index in [9.17, 15) is 19.8 Å². The van der Waals surface area contributed by atoms with Gasteiger partial charge in [0, 0.05) is 35.2 Å². The molecule has 0 bridgehead atoms. The molecule has 0 amide bonds. The number of aldehydes is 2. The van der Waals surface area contributed by atoms with Gasteiger partial charge in [-0.2, -0.15) is 0 Å². The number of phenolic OH excluding ortho intramolecular Hbond substituents is 2. The Balaban J connectivity index is 0.00000139. The fourth-order valence-corrected chi connectivity index (χ4v) is 2.17. The number of carbonyl (C=O) groups is 2. The van der Waals surface area contributed by atoms with Crippen molar-refractivity contribution in [3.05, 3.63) is 35.4 Å². The van der Waals surface area contributed by atoms with Crippen LogP contribution in [0.5, 0.6) is 23.0 Å². The second kappa shape index (κ2) is 8.83. The first-order valence-corrected chi connectivity index (χ1v) is 7.42. The van der Waals surface area contributed by atoms with Gasteiger partial charge in [0.05, 0.1) is 7.11 Å². The molecule has 0 saturated carbocycles. The van der Waals surface area contributed by atoms with Gasteiger partial charge >= 0.3 is 0 Å². The second-order valence-electron chi connectivity index (χ2n) is 4.36. The molecule has 6 nitrogen and oxygen atoms in total. The zero-order chi connectivity index (χ0) is 18.3. The van der Waals surface area contributed by atoms with Crippen molar-refractivity contribution in [3.63, 3.8) is 0 Å². The molecule has 2 aromatic rings. The van der Waals surface area contributed by atoms with Crippen molar-refractivity contribution in [2.75, 3.05) is 7.11 Å². The number of benzene rings is 2. The van der Waals surface area contributed by atoms with Gasteiger partial charge in [0.1, 0.15) is 12.6 Å². The van der Waals surface area contributed by atoms with Crippen LogP contribution in [-0.4, -0.2) is 29.9 Å². The number of hydrogen-bond acceptors (Lipinski definition) is 7.